The van der Waals surface area contributed by atoms with Crippen LogP contribution in [-0.4, -0.2) is 43.7 Å². The molecule has 1 N–H and O–H groups in total. The lowest BCUT2D eigenvalue weighted by atomic mass is 10.0. The highest BCUT2D eigenvalue weighted by Crippen LogP contribution is 2.22. The third-order valence-corrected chi connectivity index (χ3v) is 4.97. The Morgan fingerprint density at radius 2 is 1.77 bits per heavy atom. The van der Waals surface area contributed by atoms with Gasteiger partial charge in [-0.3, -0.25) is 9.69 Å². The van der Waals surface area contributed by atoms with E-state index in [1.807, 2.05) is 24.3 Å². The number of hydrogen-bond donors (Lipinski definition) is 1. The molecule has 1 aliphatic rings. The second kappa shape index (κ2) is 9.17. The van der Waals surface area contributed by atoms with Crippen molar-refractivity contribution >= 4 is 17.5 Å². The molecular formula is C21H25ClN2O2. The van der Waals surface area contributed by atoms with Crippen LogP contribution in [-0.2, 0) is 16.0 Å². The van der Waals surface area contributed by atoms with E-state index in [2.05, 4.69) is 41.4 Å². The highest BCUT2D eigenvalue weighted by molar-refractivity contribution is 6.30. The molecule has 0 saturated carbocycles. The van der Waals surface area contributed by atoms with Gasteiger partial charge in [0.25, 0.3) is 0 Å². The zero-order chi connectivity index (χ0) is 18.4. The fourth-order valence-corrected chi connectivity index (χ4v) is 3.32. The van der Waals surface area contributed by atoms with Crippen molar-refractivity contribution in [3.8, 4) is 0 Å². The Balaban J connectivity index is 1.64. The van der Waals surface area contributed by atoms with E-state index in [1.165, 1.54) is 11.1 Å². The van der Waals surface area contributed by atoms with E-state index in [0.29, 0.717) is 18.0 Å². The van der Waals surface area contributed by atoms with Gasteiger partial charge in [-0.1, -0.05) is 53.6 Å². The number of carbonyl (C=O) groups is 1. The quantitative estimate of drug-likeness (QED) is 0.845. The maximum atomic E-state index is 12.4. The predicted octanol–water partition coefficient (Wildman–Crippen LogP) is 3.38. The molecular weight excluding hydrogens is 348 g/mol. The van der Waals surface area contributed by atoms with Crippen LogP contribution in [0.5, 0.6) is 0 Å². The van der Waals surface area contributed by atoms with Crippen molar-refractivity contribution < 1.29 is 9.53 Å². The third-order valence-electron chi connectivity index (χ3n) is 4.72. The number of ether oxygens (including phenoxy) is 1. The highest BCUT2D eigenvalue weighted by Gasteiger charge is 2.23. The first-order valence-corrected chi connectivity index (χ1v) is 9.39. The normalized spacial score (nSPS) is 16.2. The van der Waals surface area contributed by atoms with Gasteiger partial charge in [0.15, 0.2) is 0 Å². The van der Waals surface area contributed by atoms with Crippen molar-refractivity contribution in [3.63, 3.8) is 0 Å². The monoisotopic (exact) mass is 372 g/mol. The van der Waals surface area contributed by atoms with E-state index in [-0.39, 0.29) is 11.9 Å². The van der Waals surface area contributed by atoms with Crippen molar-refractivity contribution in [1.29, 1.82) is 0 Å². The fraction of sp³-hybridized carbons (Fsp3) is 0.381. The molecule has 0 unspecified atom stereocenters. The van der Waals surface area contributed by atoms with Gasteiger partial charge in [-0.2, -0.15) is 0 Å². The molecule has 4 nitrogen and oxygen atoms in total. The van der Waals surface area contributed by atoms with Crippen LogP contribution in [0.3, 0.4) is 0 Å². The molecule has 0 radical (unpaired) electrons. The van der Waals surface area contributed by atoms with Crippen molar-refractivity contribution in [2.45, 2.75) is 19.4 Å². The molecule has 1 fully saturated rings. The van der Waals surface area contributed by atoms with Crippen molar-refractivity contribution in [3.05, 3.63) is 70.2 Å². The lowest BCUT2D eigenvalue weighted by molar-refractivity contribution is -0.120. The summed E-state index contributed by atoms with van der Waals surface area (Å²) >= 11 is 5.90. The first-order chi connectivity index (χ1) is 12.6. The van der Waals surface area contributed by atoms with E-state index in [4.69, 9.17) is 16.3 Å². The summed E-state index contributed by atoms with van der Waals surface area (Å²) in [6.45, 7) is 5.91. The van der Waals surface area contributed by atoms with Gasteiger partial charge in [0.1, 0.15) is 0 Å². The van der Waals surface area contributed by atoms with Gasteiger partial charge in [0, 0.05) is 24.7 Å². The minimum absolute atomic E-state index is 0.0256. The Labute approximate surface area is 160 Å². The molecule has 0 bridgehead atoms. The number of hydrogen-bond acceptors (Lipinski definition) is 3. The highest BCUT2D eigenvalue weighted by atomic mass is 35.5. The molecule has 5 heteroatoms. The molecule has 1 atom stereocenters. The Morgan fingerprint density at radius 1 is 1.12 bits per heavy atom. The molecule has 0 spiro atoms. The maximum Gasteiger partial charge on any atom is 0.224 e. The molecule has 2 aromatic carbocycles. The van der Waals surface area contributed by atoms with Crippen LogP contribution in [0.1, 0.15) is 22.7 Å². The number of carbonyl (C=O) groups excluding carboxylic acids is 1. The number of benzene rings is 2. The topological polar surface area (TPSA) is 41.6 Å². The Bertz CT molecular complexity index is 710. The summed E-state index contributed by atoms with van der Waals surface area (Å²) in [7, 11) is 0. The second-order valence-corrected chi connectivity index (χ2v) is 7.12. The van der Waals surface area contributed by atoms with Crippen LogP contribution >= 0.6 is 11.6 Å². The summed E-state index contributed by atoms with van der Waals surface area (Å²) in [6.07, 6.45) is 0.362. The van der Waals surface area contributed by atoms with Crippen LogP contribution in [0.4, 0.5) is 0 Å². The fourth-order valence-electron chi connectivity index (χ4n) is 3.20. The summed E-state index contributed by atoms with van der Waals surface area (Å²) in [4.78, 5) is 14.8. The standard InChI is InChI=1S/C21H25ClN2O2/c1-16-2-6-18(7-3-16)20(24-10-12-26-13-11-24)15-23-21(25)14-17-4-8-19(22)9-5-17/h2-9,20H,10-15H2,1H3,(H,23,25)/t20-/m0/s1. The van der Waals surface area contributed by atoms with Crippen molar-refractivity contribution in [2.24, 2.45) is 0 Å². The Kier molecular flexibility index (Phi) is 6.67. The molecule has 1 aliphatic heterocycles. The number of nitrogens with one attached hydrogen (secondary N) is 1. The van der Waals surface area contributed by atoms with Gasteiger partial charge in [0.2, 0.25) is 5.91 Å². The number of morpholine rings is 1. The van der Waals surface area contributed by atoms with E-state index in [9.17, 15) is 4.79 Å². The lowest BCUT2D eigenvalue weighted by Crippen LogP contribution is -2.44. The molecule has 1 heterocycles. The van der Waals surface area contributed by atoms with Gasteiger partial charge >= 0.3 is 0 Å². The smallest absolute Gasteiger partial charge is 0.224 e. The lowest BCUT2D eigenvalue weighted by Gasteiger charge is -2.35. The molecule has 3 rings (SSSR count). The van der Waals surface area contributed by atoms with Crippen LogP contribution in [0, 0.1) is 6.92 Å². The van der Waals surface area contributed by atoms with Crippen molar-refractivity contribution in [2.75, 3.05) is 32.8 Å². The number of nitrogens with zero attached hydrogens (tertiary/aromatic N) is 1. The molecule has 138 valence electrons. The molecule has 1 saturated heterocycles. The number of amides is 1. The largest absolute Gasteiger partial charge is 0.379 e. The van der Waals surface area contributed by atoms with Gasteiger partial charge in [-0.25, -0.2) is 0 Å². The number of halogens is 1. The minimum Gasteiger partial charge on any atom is -0.379 e. The van der Waals surface area contributed by atoms with Crippen molar-refractivity contribution in [1.82, 2.24) is 10.2 Å². The van der Waals surface area contributed by atoms with Crippen LogP contribution in [0.25, 0.3) is 0 Å². The summed E-state index contributed by atoms with van der Waals surface area (Å²) in [5, 5.41) is 3.78. The van der Waals surface area contributed by atoms with Gasteiger partial charge in [0.05, 0.1) is 25.7 Å². The molecule has 0 aromatic heterocycles. The zero-order valence-electron chi connectivity index (χ0n) is 15.1. The number of rotatable bonds is 6. The van der Waals surface area contributed by atoms with Crippen LogP contribution < -0.4 is 5.32 Å². The average Bonchev–Trinajstić information content (AvgIpc) is 2.66. The number of aryl methyl sites for hydroxylation is 1. The molecule has 2 aromatic rings. The summed E-state index contributed by atoms with van der Waals surface area (Å²) in [5.41, 5.74) is 3.43. The van der Waals surface area contributed by atoms with E-state index in [1.54, 1.807) is 0 Å². The summed E-state index contributed by atoms with van der Waals surface area (Å²) < 4.78 is 5.48. The predicted molar refractivity (Wildman–Crippen MR) is 104 cm³/mol. The Morgan fingerprint density at radius 3 is 2.42 bits per heavy atom. The molecule has 1 amide bonds. The SMILES string of the molecule is Cc1ccc([C@H](CNC(=O)Cc2ccc(Cl)cc2)N2CCOCC2)cc1. The molecule has 0 aliphatic carbocycles. The van der Waals surface area contributed by atoms with Gasteiger partial charge < -0.3 is 10.1 Å². The second-order valence-electron chi connectivity index (χ2n) is 6.68. The zero-order valence-corrected chi connectivity index (χ0v) is 15.8. The van der Waals surface area contributed by atoms with Gasteiger partial charge in [-0.05, 0) is 30.2 Å². The van der Waals surface area contributed by atoms with Crippen LogP contribution in [0.15, 0.2) is 48.5 Å². The van der Waals surface area contributed by atoms with Crippen LogP contribution in [0.2, 0.25) is 5.02 Å². The van der Waals surface area contributed by atoms with E-state index in [0.717, 1.165) is 31.9 Å². The van der Waals surface area contributed by atoms with E-state index < -0.39 is 0 Å². The summed E-state index contributed by atoms with van der Waals surface area (Å²) in [5.74, 6) is 0.0256. The average molecular weight is 373 g/mol. The Hall–Kier alpha value is -1.88. The first-order valence-electron chi connectivity index (χ1n) is 9.01. The minimum atomic E-state index is 0.0256. The van der Waals surface area contributed by atoms with E-state index >= 15 is 0 Å². The molecule has 26 heavy (non-hydrogen) atoms. The maximum absolute atomic E-state index is 12.4. The third kappa shape index (κ3) is 5.31. The summed E-state index contributed by atoms with van der Waals surface area (Å²) in [6, 6.07) is 16.1. The van der Waals surface area contributed by atoms with Gasteiger partial charge in [-0.15, -0.1) is 0 Å². The first kappa shape index (κ1) is 18.9.